The molecule has 0 spiro atoms. The van der Waals surface area contributed by atoms with Gasteiger partial charge in [-0.1, -0.05) is 6.58 Å². The lowest BCUT2D eigenvalue weighted by Gasteiger charge is -2.15. The van der Waals surface area contributed by atoms with E-state index >= 15 is 0 Å². The molecule has 0 amide bonds. The van der Waals surface area contributed by atoms with Gasteiger partial charge >= 0.3 is 0 Å². The Balaban J connectivity index is 2.22. The molecule has 32 heavy (non-hydrogen) atoms. The predicted molar refractivity (Wildman–Crippen MR) is 137 cm³/mol. The first-order valence-electron chi connectivity index (χ1n) is 10.7. The van der Waals surface area contributed by atoms with Crippen molar-refractivity contribution < 1.29 is 9.59 Å². The third kappa shape index (κ3) is 10.2. The third-order valence-corrected chi connectivity index (χ3v) is 5.10. The Morgan fingerprint density at radius 2 is 1.44 bits per heavy atom. The Kier molecular flexibility index (Phi) is 13.3. The van der Waals surface area contributed by atoms with Crippen LogP contribution in [0.2, 0.25) is 0 Å². The molecule has 4 N–H and O–H groups in total. The predicted octanol–water partition coefficient (Wildman–Crippen LogP) is -0.0488. The minimum absolute atomic E-state index is 0.0740. The van der Waals surface area contributed by atoms with Gasteiger partial charge in [-0.3, -0.25) is 22.3 Å². The second-order valence-electron chi connectivity index (χ2n) is 7.79. The number of nitrogens with one attached hydrogen (secondary N) is 4. The lowest BCUT2D eigenvalue weighted by molar-refractivity contribution is -0.134. The summed E-state index contributed by atoms with van der Waals surface area (Å²) in [5, 5.41) is 11.8. The van der Waals surface area contributed by atoms with Crippen molar-refractivity contribution in [2.45, 2.75) is 19.3 Å². The molecule has 0 bridgehead atoms. The number of hydrogen-bond donors (Lipinski definition) is 4. The fourth-order valence-corrected chi connectivity index (χ4v) is 3.17. The maximum absolute atomic E-state index is 12.0. The summed E-state index contributed by atoms with van der Waals surface area (Å²) in [6.45, 7) is 7.45. The molecular formula is C21H35IN6O4. The van der Waals surface area contributed by atoms with Crippen LogP contribution >= 0.6 is 22.9 Å². The SMILES string of the molecule is C=C(NCCCN(C)C)C(=O)C(=O)CNCCCNc1c(NCCCN(C)I)c(=O)c1=O. The highest BCUT2D eigenvalue weighted by molar-refractivity contribution is 14.1. The Labute approximate surface area is 203 Å². The molecule has 0 aliphatic rings. The molecule has 0 aliphatic heterocycles. The zero-order valence-corrected chi connectivity index (χ0v) is 21.3. The number of rotatable bonds is 19. The van der Waals surface area contributed by atoms with Gasteiger partial charge < -0.3 is 26.2 Å². The minimum atomic E-state index is -0.617. The molecule has 0 saturated heterocycles. The molecule has 10 nitrogen and oxygen atoms in total. The van der Waals surface area contributed by atoms with Crippen molar-refractivity contribution in [3.05, 3.63) is 32.7 Å². The summed E-state index contributed by atoms with van der Waals surface area (Å²) in [6.07, 6.45) is 2.31. The molecule has 0 fully saturated rings. The van der Waals surface area contributed by atoms with Crippen LogP contribution in [0.3, 0.4) is 0 Å². The number of Topliss-reactive ketones (excluding diaryl/α,β-unsaturated/α-hetero) is 2. The van der Waals surface area contributed by atoms with E-state index in [9.17, 15) is 19.2 Å². The molecule has 0 aromatic heterocycles. The molecule has 0 atom stereocenters. The molecular weight excluding hydrogens is 527 g/mol. The van der Waals surface area contributed by atoms with E-state index in [4.69, 9.17) is 0 Å². The summed E-state index contributed by atoms with van der Waals surface area (Å²) >= 11 is 2.19. The number of carbonyl (C=O) groups is 2. The van der Waals surface area contributed by atoms with E-state index in [0.717, 1.165) is 25.9 Å². The van der Waals surface area contributed by atoms with Crippen molar-refractivity contribution in [2.75, 3.05) is 77.6 Å². The number of nitrogens with zero attached hydrogens (tertiary/aromatic N) is 2. The summed E-state index contributed by atoms with van der Waals surface area (Å²) in [5.41, 5.74) is -0.225. The van der Waals surface area contributed by atoms with Gasteiger partial charge in [0.15, 0.2) is 0 Å². The molecule has 1 aromatic carbocycles. The van der Waals surface area contributed by atoms with Crippen LogP contribution in [-0.4, -0.2) is 86.5 Å². The maximum atomic E-state index is 12.0. The van der Waals surface area contributed by atoms with Crippen LogP contribution in [0.5, 0.6) is 0 Å². The fourth-order valence-electron chi connectivity index (χ4n) is 2.83. The van der Waals surface area contributed by atoms with E-state index in [1.165, 1.54) is 0 Å². The maximum Gasteiger partial charge on any atom is 0.253 e. The van der Waals surface area contributed by atoms with Crippen LogP contribution in [0, 0.1) is 0 Å². The van der Waals surface area contributed by atoms with Gasteiger partial charge in [0.25, 0.3) is 10.9 Å². The van der Waals surface area contributed by atoms with E-state index < -0.39 is 22.4 Å². The zero-order valence-electron chi connectivity index (χ0n) is 19.2. The van der Waals surface area contributed by atoms with Gasteiger partial charge in [0, 0.05) is 49.0 Å². The number of halogens is 1. The Morgan fingerprint density at radius 1 is 0.875 bits per heavy atom. The third-order valence-electron chi connectivity index (χ3n) is 4.62. The van der Waals surface area contributed by atoms with Gasteiger partial charge in [-0.05, 0) is 53.5 Å². The van der Waals surface area contributed by atoms with Gasteiger partial charge in [-0.15, -0.1) is 0 Å². The molecule has 0 heterocycles. The summed E-state index contributed by atoms with van der Waals surface area (Å²) in [5.74, 6) is -1.16. The van der Waals surface area contributed by atoms with Crippen molar-refractivity contribution in [2.24, 2.45) is 0 Å². The molecule has 180 valence electrons. The summed E-state index contributed by atoms with van der Waals surface area (Å²) in [6, 6.07) is 0. The van der Waals surface area contributed by atoms with E-state index in [1.54, 1.807) is 0 Å². The van der Waals surface area contributed by atoms with Gasteiger partial charge in [0.05, 0.1) is 12.2 Å². The van der Waals surface area contributed by atoms with Crippen LogP contribution in [0.25, 0.3) is 0 Å². The zero-order chi connectivity index (χ0) is 24.1. The Bertz CT molecular complexity index is 833. The Hall–Kier alpha value is -1.83. The van der Waals surface area contributed by atoms with E-state index in [0.29, 0.717) is 44.0 Å². The van der Waals surface area contributed by atoms with Crippen LogP contribution in [0.1, 0.15) is 19.3 Å². The monoisotopic (exact) mass is 562 g/mol. The van der Waals surface area contributed by atoms with Gasteiger partial charge in [0.1, 0.15) is 11.4 Å². The highest BCUT2D eigenvalue weighted by Gasteiger charge is 2.20. The molecule has 0 aliphatic carbocycles. The smallest absolute Gasteiger partial charge is 0.253 e. The first-order valence-corrected chi connectivity index (χ1v) is 11.6. The van der Waals surface area contributed by atoms with E-state index in [-0.39, 0.29) is 12.2 Å². The van der Waals surface area contributed by atoms with Gasteiger partial charge in [-0.25, -0.2) is 0 Å². The molecule has 1 rings (SSSR count). The molecule has 0 saturated carbocycles. The topological polar surface area (TPSA) is 123 Å². The number of allylic oxidation sites excluding steroid dienone is 1. The van der Waals surface area contributed by atoms with Crippen molar-refractivity contribution in [3.63, 3.8) is 0 Å². The summed E-state index contributed by atoms with van der Waals surface area (Å²) in [7, 11) is 5.89. The lowest BCUT2D eigenvalue weighted by Crippen LogP contribution is -2.38. The summed E-state index contributed by atoms with van der Waals surface area (Å²) in [4.78, 5) is 49.5. The molecule has 0 radical (unpaired) electrons. The largest absolute Gasteiger partial charge is 0.382 e. The highest BCUT2D eigenvalue weighted by Crippen LogP contribution is 2.14. The van der Waals surface area contributed by atoms with Crippen molar-refractivity contribution in [1.82, 2.24) is 18.6 Å². The fraction of sp³-hybridized carbons (Fsp3) is 0.619. The molecule has 1 aromatic rings. The first-order chi connectivity index (χ1) is 15.1. The summed E-state index contributed by atoms with van der Waals surface area (Å²) < 4.78 is 2.02. The number of hydrogen-bond acceptors (Lipinski definition) is 10. The highest BCUT2D eigenvalue weighted by atomic mass is 127. The Morgan fingerprint density at radius 3 is 2.00 bits per heavy atom. The quantitative estimate of drug-likeness (QED) is 0.0601. The lowest BCUT2D eigenvalue weighted by atomic mass is 10.2. The number of ketones is 2. The van der Waals surface area contributed by atoms with Crippen molar-refractivity contribution in [1.29, 1.82) is 0 Å². The average molecular weight is 562 g/mol. The second kappa shape index (κ2) is 15.1. The number of carbonyl (C=O) groups excluding carboxylic acids is 2. The van der Waals surface area contributed by atoms with Crippen LogP contribution < -0.4 is 32.1 Å². The van der Waals surface area contributed by atoms with E-state index in [1.807, 2.05) is 29.2 Å². The van der Waals surface area contributed by atoms with Gasteiger partial charge in [-0.2, -0.15) is 0 Å². The average Bonchev–Trinajstić information content (AvgIpc) is 2.75. The first kappa shape index (κ1) is 28.2. The van der Waals surface area contributed by atoms with Crippen LogP contribution in [0.15, 0.2) is 21.9 Å². The second-order valence-corrected chi connectivity index (χ2v) is 9.44. The number of anilines is 2. The van der Waals surface area contributed by atoms with Crippen LogP contribution in [-0.2, 0) is 9.59 Å². The minimum Gasteiger partial charge on any atom is -0.382 e. The molecule has 0 unspecified atom stereocenters. The van der Waals surface area contributed by atoms with E-state index in [2.05, 4.69) is 50.7 Å². The molecule has 11 heteroatoms. The standard InChI is InChI=1S/C21H35IN6O4/c1-15(24-10-6-12-27(2)3)19(30)16(29)14-23-8-5-9-25-17-18(21(32)20(17)31)26-11-7-13-28(4)22/h23-26H,1,5-14H2,2-4H3. The van der Waals surface area contributed by atoms with Crippen molar-refractivity contribution >= 4 is 45.8 Å². The van der Waals surface area contributed by atoms with Gasteiger partial charge in [0.2, 0.25) is 11.6 Å². The van der Waals surface area contributed by atoms with Crippen molar-refractivity contribution in [3.8, 4) is 0 Å². The normalized spacial score (nSPS) is 11.2. The van der Waals surface area contributed by atoms with Crippen LogP contribution in [0.4, 0.5) is 11.4 Å².